The van der Waals surface area contributed by atoms with E-state index in [9.17, 15) is 4.79 Å². The van der Waals surface area contributed by atoms with Gasteiger partial charge in [0.05, 0.1) is 11.2 Å². The number of benzene rings is 1. The highest BCUT2D eigenvalue weighted by atomic mass is 35.5. The first kappa shape index (κ1) is 20.6. The average molecular weight is 394 g/mol. The first-order valence-corrected chi connectivity index (χ1v) is 10.3. The SMILES string of the molecule is CC1(C)CC(NC(=O)CC2(c3ccc(Cl)cc3)CCOC(C)(C)C2)CCO1. The van der Waals surface area contributed by atoms with Gasteiger partial charge in [-0.1, -0.05) is 23.7 Å². The molecule has 1 amide bonds. The number of hydrogen-bond donors (Lipinski definition) is 1. The summed E-state index contributed by atoms with van der Waals surface area (Å²) in [4.78, 5) is 13.0. The van der Waals surface area contributed by atoms with E-state index in [0.717, 1.165) is 25.7 Å². The molecule has 5 heteroatoms. The molecule has 3 rings (SSSR count). The summed E-state index contributed by atoms with van der Waals surface area (Å²) in [6.07, 6.45) is 3.84. The van der Waals surface area contributed by atoms with Crippen LogP contribution in [0.3, 0.4) is 0 Å². The minimum Gasteiger partial charge on any atom is -0.376 e. The Morgan fingerprint density at radius 3 is 2.41 bits per heavy atom. The molecule has 0 aliphatic carbocycles. The Bertz CT molecular complexity index is 671. The van der Waals surface area contributed by atoms with Gasteiger partial charge in [0.15, 0.2) is 0 Å². The van der Waals surface area contributed by atoms with Crippen LogP contribution in [0.5, 0.6) is 0 Å². The Kier molecular flexibility index (Phi) is 5.90. The zero-order chi connectivity index (χ0) is 19.7. The molecule has 4 nitrogen and oxygen atoms in total. The molecule has 1 aromatic rings. The van der Waals surface area contributed by atoms with Crippen LogP contribution in [0, 0.1) is 0 Å². The lowest BCUT2D eigenvalue weighted by molar-refractivity contribution is -0.129. The van der Waals surface area contributed by atoms with Crippen molar-refractivity contribution in [1.29, 1.82) is 0 Å². The second kappa shape index (κ2) is 7.73. The zero-order valence-electron chi connectivity index (χ0n) is 16.9. The van der Waals surface area contributed by atoms with Crippen LogP contribution >= 0.6 is 11.6 Å². The lowest BCUT2D eigenvalue weighted by Crippen LogP contribution is -2.50. The third kappa shape index (κ3) is 5.24. The molecule has 0 saturated carbocycles. The molecular formula is C22H32ClNO3. The minimum atomic E-state index is -0.251. The van der Waals surface area contributed by atoms with Crippen LogP contribution in [0.2, 0.25) is 5.02 Å². The van der Waals surface area contributed by atoms with Gasteiger partial charge in [-0.15, -0.1) is 0 Å². The molecule has 2 atom stereocenters. The first-order valence-electron chi connectivity index (χ1n) is 9.93. The summed E-state index contributed by atoms with van der Waals surface area (Å²) in [5.74, 6) is 0.116. The molecular weight excluding hydrogens is 362 g/mol. The molecule has 1 aromatic carbocycles. The minimum absolute atomic E-state index is 0.116. The number of ether oxygens (including phenoxy) is 2. The standard InChI is InChI=1S/C22H32ClNO3/c1-20(2)13-18(9-11-26-20)24-19(25)14-22(10-12-27-21(3,4)15-22)16-5-7-17(23)8-6-16/h5-8,18H,9-15H2,1-4H3,(H,24,25). The topological polar surface area (TPSA) is 47.6 Å². The van der Waals surface area contributed by atoms with Gasteiger partial charge in [-0.3, -0.25) is 4.79 Å². The second-order valence-electron chi connectivity index (χ2n) is 9.36. The monoisotopic (exact) mass is 393 g/mol. The highest BCUT2D eigenvalue weighted by molar-refractivity contribution is 6.30. The number of hydrogen-bond acceptors (Lipinski definition) is 3. The molecule has 2 fully saturated rings. The Labute approximate surface area is 168 Å². The van der Waals surface area contributed by atoms with Gasteiger partial charge >= 0.3 is 0 Å². The van der Waals surface area contributed by atoms with Gasteiger partial charge in [0, 0.05) is 36.1 Å². The maximum absolute atomic E-state index is 13.0. The molecule has 27 heavy (non-hydrogen) atoms. The van der Waals surface area contributed by atoms with Crippen LogP contribution < -0.4 is 5.32 Å². The largest absolute Gasteiger partial charge is 0.376 e. The van der Waals surface area contributed by atoms with E-state index in [1.165, 1.54) is 5.56 Å². The highest BCUT2D eigenvalue weighted by Crippen LogP contribution is 2.44. The lowest BCUT2D eigenvalue weighted by atomic mass is 9.67. The maximum Gasteiger partial charge on any atom is 0.221 e. The van der Waals surface area contributed by atoms with Gasteiger partial charge < -0.3 is 14.8 Å². The van der Waals surface area contributed by atoms with E-state index in [0.29, 0.717) is 24.7 Å². The summed E-state index contributed by atoms with van der Waals surface area (Å²) in [5, 5.41) is 3.99. The van der Waals surface area contributed by atoms with Crippen molar-refractivity contribution in [1.82, 2.24) is 5.32 Å². The van der Waals surface area contributed by atoms with Crippen LogP contribution in [-0.4, -0.2) is 36.4 Å². The van der Waals surface area contributed by atoms with Gasteiger partial charge in [0.2, 0.25) is 5.91 Å². The number of nitrogens with one attached hydrogen (secondary N) is 1. The van der Waals surface area contributed by atoms with E-state index in [-0.39, 0.29) is 28.6 Å². The van der Waals surface area contributed by atoms with Crippen molar-refractivity contribution in [2.45, 2.75) is 82.5 Å². The Hall–Kier alpha value is -1.10. The molecule has 1 N–H and O–H groups in total. The zero-order valence-corrected chi connectivity index (χ0v) is 17.7. The molecule has 2 unspecified atom stereocenters. The molecule has 0 bridgehead atoms. The van der Waals surface area contributed by atoms with Gasteiger partial charge in [-0.2, -0.15) is 0 Å². The number of rotatable bonds is 4. The highest BCUT2D eigenvalue weighted by Gasteiger charge is 2.44. The fraction of sp³-hybridized carbons (Fsp3) is 0.682. The summed E-state index contributed by atoms with van der Waals surface area (Å²) in [5.41, 5.74) is 0.520. The van der Waals surface area contributed by atoms with Crippen LogP contribution in [0.1, 0.15) is 65.4 Å². The van der Waals surface area contributed by atoms with E-state index in [2.05, 4.69) is 45.1 Å². The molecule has 2 aliphatic rings. The predicted octanol–water partition coefficient (Wildman–Crippen LogP) is 4.63. The second-order valence-corrected chi connectivity index (χ2v) is 9.80. The smallest absolute Gasteiger partial charge is 0.221 e. The van der Waals surface area contributed by atoms with Crippen LogP contribution in [0.25, 0.3) is 0 Å². The molecule has 2 heterocycles. The normalized spacial score (nSPS) is 29.9. The van der Waals surface area contributed by atoms with Crippen molar-refractivity contribution < 1.29 is 14.3 Å². The Balaban J connectivity index is 1.77. The fourth-order valence-electron chi connectivity index (χ4n) is 4.72. The number of amides is 1. The van der Waals surface area contributed by atoms with E-state index in [4.69, 9.17) is 21.1 Å². The van der Waals surface area contributed by atoms with E-state index >= 15 is 0 Å². The quantitative estimate of drug-likeness (QED) is 0.811. The third-order valence-electron chi connectivity index (χ3n) is 5.86. The molecule has 0 radical (unpaired) electrons. The molecule has 0 spiro atoms. The van der Waals surface area contributed by atoms with Crippen molar-refractivity contribution in [3.8, 4) is 0 Å². The van der Waals surface area contributed by atoms with Crippen molar-refractivity contribution in [2.75, 3.05) is 13.2 Å². The van der Waals surface area contributed by atoms with Crippen molar-refractivity contribution >= 4 is 17.5 Å². The molecule has 150 valence electrons. The van der Waals surface area contributed by atoms with Gasteiger partial charge in [-0.05, 0) is 71.1 Å². The van der Waals surface area contributed by atoms with Gasteiger partial charge in [0.25, 0.3) is 0 Å². The molecule has 2 aliphatic heterocycles. The summed E-state index contributed by atoms with van der Waals surface area (Å²) >= 11 is 6.10. The lowest BCUT2D eigenvalue weighted by Gasteiger charge is -2.45. The van der Waals surface area contributed by atoms with Crippen LogP contribution in [-0.2, 0) is 19.7 Å². The fourth-order valence-corrected chi connectivity index (χ4v) is 4.85. The predicted molar refractivity (Wildman–Crippen MR) is 108 cm³/mol. The summed E-state index contributed by atoms with van der Waals surface area (Å²) in [6.45, 7) is 9.74. The van der Waals surface area contributed by atoms with E-state index < -0.39 is 0 Å². The summed E-state index contributed by atoms with van der Waals surface area (Å²) < 4.78 is 11.7. The van der Waals surface area contributed by atoms with E-state index in [1.807, 2.05) is 12.1 Å². The molecule has 0 aromatic heterocycles. The number of carbonyl (C=O) groups excluding carboxylic acids is 1. The van der Waals surface area contributed by atoms with Gasteiger partial charge in [0.1, 0.15) is 0 Å². The van der Waals surface area contributed by atoms with Crippen LogP contribution in [0.15, 0.2) is 24.3 Å². The third-order valence-corrected chi connectivity index (χ3v) is 6.11. The van der Waals surface area contributed by atoms with Crippen molar-refractivity contribution in [2.24, 2.45) is 0 Å². The summed E-state index contributed by atoms with van der Waals surface area (Å²) in [6, 6.07) is 8.14. The van der Waals surface area contributed by atoms with E-state index in [1.54, 1.807) is 0 Å². The maximum atomic E-state index is 13.0. The number of carbonyl (C=O) groups is 1. The Morgan fingerprint density at radius 2 is 1.78 bits per heavy atom. The Morgan fingerprint density at radius 1 is 1.11 bits per heavy atom. The number of halogens is 1. The van der Waals surface area contributed by atoms with Crippen molar-refractivity contribution in [3.63, 3.8) is 0 Å². The van der Waals surface area contributed by atoms with Crippen LogP contribution in [0.4, 0.5) is 0 Å². The first-order chi connectivity index (χ1) is 12.6. The average Bonchev–Trinajstić information content (AvgIpc) is 2.53. The summed E-state index contributed by atoms with van der Waals surface area (Å²) in [7, 11) is 0. The van der Waals surface area contributed by atoms with Crippen molar-refractivity contribution in [3.05, 3.63) is 34.9 Å². The molecule has 2 saturated heterocycles. The van der Waals surface area contributed by atoms with Gasteiger partial charge in [-0.25, -0.2) is 0 Å².